The van der Waals surface area contributed by atoms with Gasteiger partial charge in [0.1, 0.15) is 34.9 Å². The molecule has 0 N–H and O–H groups in total. The number of pyridine rings is 4. The van der Waals surface area contributed by atoms with E-state index in [1.807, 2.05) is 24.3 Å². The number of carbonyl (C=O) groups excluding carboxylic acids is 6. The molecule has 0 bridgehead atoms. The van der Waals surface area contributed by atoms with Crippen LogP contribution in [0.15, 0.2) is 243 Å². The van der Waals surface area contributed by atoms with Crippen molar-refractivity contribution in [2.45, 2.75) is 0 Å². The average Bonchev–Trinajstić information content (AvgIpc) is 1.07. The maximum Gasteiger partial charge on any atom is 3.00 e. The first-order valence-corrected chi connectivity index (χ1v) is 25.1. The molecule has 2 radical (unpaired) electrons. The first kappa shape index (κ1) is 74.8. The minimum absolute atomic E-state index is 0. The Hall–Kier alpha value is -9.50. The zero-order valence-corrected chi connectivity index (χ0v) is 52.5. The van der Waals surface area contributed by atoms with E-state index in [4.69, 9.17) is 0 Å². The second-order valence-electron chi connectivity index (χ2n) is 17.2. The van der Waals surface area contributed by atoms with Crippen molar-refractivity contribution in [3.63, 3.8) is 0 Å². The van der Waals surface area contributed by atoms with Crippen LogP contribution in [0.1, 0.15) is 62.1 Å². The largest absolute Gasteiger partial charge is 3.00 e. The smallest absolute Gasteiger partial charge is 0.545 e. The van der Waals surface area contributed by atoms with Gasteiger partial charge in [-0.3, -0.25) is 19.9 Å². The van der Waals surface area contributed by atoms with Crippen LogP contribution in [0.2, 0.25) is 0 Å². The maximum absolute atomic E-state index is 12.1. The van der Waals surface area contributed by atoms with Gasteiger partial charge in [0, 0.05) is 46.3 Å². The second kappa shape index (κ2) is 38.7. The van der Waals surface area contributed by atoms with E-state index in [-0.39, 0.29) is 115 Å². The number of halogens is 6. The summed E-state index contributed by atoms with van der Waals surface area (Å²) < 4.78 is 72.8. The number of aromatic nitrogens is 4. The summed E-state index contributed by atoms with van der Waals surface area (Å²) in [5, 5.41) is 65.0. The van der Waals surface area contributed by atoms with E-state index in [0.29, 0.717) is 0 Å². The number of rotatable bonds is 6. The van der Waals surface area contributed by atoms with Gasteiger partial charge in [0.25, 0.3) is 0 Å². The Bertz CT molecular complexity index is 3650. The van der Waals surface area contributed by atoms with Crippen LogP contribution < -0.4 is 30.6 Å². The van der Waals surface area contributed by atoms with Crippen LogP contribution in [0.5, 0.6) is 0 Å². The van der Waals surface area contributed by atoms with Gasteiger partial charge in [-0.15, -0.1) is 0 Å². The molecule has 0 atom stereocenters. The summed E-state index contributed by atoms with van der Waals surface area (Å²) in [6, 6.07) is 51.1. The molecule has 0 saturated heterocycles. The third-order valence-electron chi connectivity index (χ3n) is 11.2. The minimum atomic E-state index is -1.29. The molecule has 16 nitrogen and oxygen atoms in total. The van der Waals surface area contributed by atoms with E-state index in [1.54, 1.807) is 24.8 Å². The number of carboxylic acid groups (broad SMARTS) is 6. The summed E-state index contributed by atoms with van der Waals surface area (Å²) in [7, 11) is 0. The number of hydrogen-bond acceptors (Lipinski definition) is 16. The van der Waals surface area contributed by atoms with Crippen molar-refractivity contribution in [3.8, 4) is 0 Å². The molecule has 4 aromatic heterocycles. The zero-order valence-electron chi connectivity index (χ0n) is 46.0. The molecular formula is C66H40F6N4Nd2O12. The Balaban J connectivity index is 0.000000269. The molecule has 0 saturated carbocycles. The van der Waals surface area contributed by atoms with Crippen LogP contribution in [0.3, 0.4) is 0 Å². The van der Waals surface area contributed by atoms with Crippen LogP contribution in [0, 0.1) is 117 Å². The number of nitrogens with zero attached hydrogens (tertiary/aromatic N) is 4. The van der Waals surface area contributed by atoms with Crippen molar-refractivity contribution >= 4 is 79.4 Å². The molecule has 90 heavy (non-hydrogen) atoms. The van der Waals surface area contributed by atoms with Crippen molar-refractivity contribution in [1.82, 2.24) is 19.9 Å². The van der Waals surface area contributed by atoms with Crippen LogP contribution in [-0.4, -0.2) is 55.8 Å². The van der Waals surface area contributed by atoms with Crippen LogP contribution >= 0.6 is 0 Å². The van der Waals surface area contributed by atoms with Crippen LogP contribution in [0.25, 0.3) is 43.6 Å². The molecular weight excluding hydrogens is 1440 g/mol. The number of hydrogen-bond donors (Lipinski definition) is 0. The standard InChI is InChI=1S/2C12H8N2.6C7H5FO2.2Nd/c2*1-3-9-5-6-10-4-2-8-14-12(10)11(9)13-7-1;6*8-6-3-1-5(2-4-6)7(9)10;;/h2*1-8H;6*1-4H,(H,9,10);;/q;;;;;;;;2*+3/p-6. The van der Waals surface area contributed by atoms with Gasteiger partial charge < -0.3 is 59.4 Å². The zero-order chi connectivity index (χ0) is 64.1. The summed E-state index contributed by atoms with van der Waals surface area (Å²) in [4.78, 5) is 77.9. The molecule has 12 rings (SSSR count). The molecule has 0 amide bonds. The van der Waals surface area contributed by atoms with Crippen LogP contribution in [-0.2, 0) is 0 Å². The van der Waals surface area contributed by atoms with Crippen molar-refractivity contribution < 1.29 is 167 Å². The Morgan fingerprint density at radius 3 is 0.478 bits per heavy atom. The van der Waals surface area contributed by atoms with Crippen molar-refractivity contribution in [1.29, 1.82) is 0 Å². The van der Waals surface area contributed by atoms with Gasteiger partial charge in [-0.05, 0) is 130 Å². The maximum atomic E-state index is 12.1. The molecule has 0 unspecified atom stereocenters. The van der Waals surface area contributed by atoms with Gasteiger partial charge >= 0.3 is 81.7 Å². The van der Waals surface area contributed by atoms with Gasteiger partial charge in [0.2, 0.25) is 0 Å². The Morgan fingerprint density at radius 1 is 0.222 bits per heavy atom. The predicted octanol–water partition coefficient (Wildman–Crippen LogP) is 6.70. The molecule has 0 fully saturated rings. The molecule has 8 aromatic carbocycles. The monoisotopic (exact) mass is 1480 g/mol. The first-order chi connectivity index (χ1) is 42.1. The third kappa shape index (κ3) is 25.3. The van der Waals surface area contributed by atoms with Crippen LogP contribution in [0.4, 0.5) is 26.3 Å². The van der Waals surface area contributed by atoms with Gasteiger partial charge in [-0.2, -0.15) is 0 Å². The SMILES string of the molecule is O=C([O-])c1ccc(F)cc1.O=C([O-])c1ccc(F)cc1.O=C([O-])c1ccc(F)cc1.O=C([O-])c1ccc(F)cc1.O=C([O-])c1ccc(F)cc1.O=C([O-])c1ccc(F)cc1.[Nd+3].[Nd+3].c1cnc2c(c1)ccc1cccnc12.c1cnc2c(c1)ccc1cccnc12. The fraction of sp³-hybridized carbons (Fsp3) is 0. The van der Waals surface area contributed by atoms with Gasteiger partial charge in [-0.25, -0.2) is 26.3 Å². The molecule has 24 heteroatoms. The summed E-state index contributed by atoms with van der Waals surface area (Å²) in [5.41, 5.74) is 3.83. The summed E-state index contributed by atoms with van der Waals surface area (Å²) >= 11 is 0. The average molecular weight is 1480 g/mol. The number of carboxylic acids is 6. The van der Waals surface area contributed by atoms with E-state index in [2.05, 4.69) is 68.5 Å². The number of fused-ring (bicyclic) bond motifs is 6. The van der Waals surface area contributed by atoms with E-state index in [9.17, 15) is 85.7 Å². The molecule has 12 aromatic rings. The van der Waals surface area contributed by atoms with Gasteiger partial charge in [0.15, 0.2) is 0 Å². The van der Waals surface area contributed by atoms with Crippen molar-refractivity contribution in [2.75, 3.05) is 0 Å². The summed E-state index contributed by atoms with van der Waals surface area (Å²) in [6.07, 6.45) is 7.21. The van der Waals surface area contributed by atoms with Gasteiger partial charge in [-0.1, -0.05) is 121 Å². The Kier molecular flexibility index (Phi) is 32.2. The number of carbonyl (C=O) groups is 6. The van der Waals surface area contributed by atoms with Crippen molar-refractivity contribution in [2.24, 2.45) is 0 Å². The summed E-state index contributed by atoms with van der Waals surface area (Å²) in [6.45, 7) is 0. The third-order valence-corrected chi connectivity index (χ3v) is 11.2. The Morgan fingerprint density at radius 2 is 0.356 bits per heavy atom. The topological polar surface area (TPSA) is 292 Å². The van der Waals surface area contributed by atoms with E-state index in [1.165, 1.54) is 0 Å². The number of benzene rings is 8. The number of aromatic carboxylic acids is 6. The normalized spacial score (nSPS) is 9.58. The molecule has 446 valence electrons. The fourth-order valence-corrected chi connectivity index (χ4v) is 6.88. The van der Waals surface area contributed by atoms with E-state index < -0.39 is 70.7 Å². The molecule has 0 spiro atoms. The second-order valence-corrected chi connectivity index (χ2v) is 17.2. The van der Waals surface area contributed by atoms with Gasteiger partial charge in [0.05, 0.1) is 57.9 Å². The van der Waals surface area contributed by atoms with E-state index in [0.717, 1.165) is 189 Å². The first-order valence-electron chi connectivity index (χ1n) is 25.1. The predicted molar refractivity (Wildman–Crippen MR) is 298 cm³/mol. The van der Waals surface area contributed by atoms with Crippen molar-refractivity contribution in [3.05, 3.63) is 311 Å². The summed E-state index contributed by atoms with van der Waals surface area (Å²) in [5.74, 6) is -10.5. The molecule has 0 aliphatic rings. The quantitative estimate of drug-likeness (QED) is 0.124. The minimum Gasteiger partial charge on any atom is -0.545 e. The molecule has 4 heterocycles. The molecule has 0 aliphatic carbocycles. The fourth-order valence-electron chi connectivity index (χ4n) is 6.88. The van der Waals surface area contributed by atoms with E-state index >= 15 is 0 Å². The molecule has 0 aliphatic heterocycles. The Labute approximate surface area is 572 Å².